The van der Waals surface area contributed by atoms with Gasteiger partial charge in [-0.15, -0.1) is 0 Å². The quantitative estimate of drug-likeness (QED) is 0.0262. The summed E-state index contributed by atoms with van der Waals surface area (Å²) in [5, 5.41) is 0. The maximum absolute atomic E-state index is 12.8. The lowest BCUT2D eigenvalue weighted by atomic mass is 10.0. The summed E-state index contributed by atoms with van der Waals surface area (Å²) in [5.74, 6) is -0.906. The van der Waals surface area contributed by atoms with Crippen LogP contribution in [0.15, 0.2) is 72.9 Å². The minimum Gasteiger partial charge on any atom is -0.462 e. The number of rotatable bonds is 49. The molecule has 0 aromatic carbocycles. The van der Waals surface area contributed by atoms with Crippen LogP contribution >= 0.6 is 0 Å². The van der Waals surface area contributed by atoms with E-state index >= 15 is 0 Å². The second-order valence-electron chi connectivity index (χ2n) is 18.1. The van der Waals surface area contributed by atoms with Gasteiger partial charge in [-0.2, -0.15) is 0 Å². The van der Waals surface area contributed by atoms with Crippen LogP contribution < -0.4 is 0 Å². The summed E-state index contributed by atoms with van der Waals surface area (Å²) in [7, 11) is 0. The highest BCUT2D eigenvalue weighted by atomic mass is 16.6. The van der Waals surface area contributed by atoms with E-state index in [1.165, 1.54) is 103 Å². The van der Waals surface area contributed by atoms with Crippen molar-refractivity contribution in [3.8, 4) is 0 Å². The first kappa shape index (κ1) is 61.9. The van der Waals surface area contributed by atoms with Gasteiger partial charge in [0.25, 0.3) is 0 Å². The highest BCUT2D eigenvalue weighted by Gasteiger charge is 2.19. The fraction of sp³-hybridized carbons (Fsp3) is 0.746. The maximum atomic E-state index is 12.8. The van der Waals surface area contributed by atoms with Gasteiger partial charge in [-0.3, -0.25) is 14.4 Å². The van der Waals surface area contributed by atoms with Gasteiger partial charge in [-0.1, -0.05) is 235 Å². The molecule has 0 bridgehead atoms. The maximum Gasteiger partial charge on any atom is 0.306 e. The van der Waals surface area contributed by atoms with Crippen molar-refractivity contribution in [1.29, 1.82) is 0 Å². The number of ether oxygens (including phenoxy) is 3. The fourth-order valence-electron chi connectivity index (χ4n) is 7.65. The van der Waals surface area contributed by atoms with Crippen molar-refractivity contribution in [2.45, 2.75) is 271 Å². The van der Waals surface area contributed by atoms with Crippen molar-refractivity contribution < 1.29 is 28.6 Å². The zero-order chi connectivity index (χ0) is 47.2. The molecule has 0 spiro atoms. The van der Waals surface area contributed by atoms with Crippen LogP contribution in [0.25, 0.3) is 0 Å². The second kappa shape index (κ2) is 53.5. The fourth-order valence-corrected chi connectivity index (χ4v) is 7.65. The minimum absolute atomic E-state index is 0.0858. The zero-order valence-electron chi connectivity index (χ0n) is 42.7. The standard InChI is InChI=1S/C59H102O6/c1-4-7-10-13-16-19-22-25-27-29-30-31-33-34-37-40-43-46-49-52-58(61)64-55-56(54-63-57(60)51-48-45-42-39-36-24-21-18-15-12-9-6-3)65-59(62)53-50-47-44-41-38-35-32-28-26-23-20-17-14-11-8-5-2/h7,9-10,12,16,18-19,21,25,27,30-31,56H,4-6,8,11,13-15,17,20,22-24,26,28-29,32-55H2,1-3H3/b10-7-,12-9-,19-16-,21-18-,27-25-,31-30-. The van der Waals surface area contributed by atoms with Crippen molar-refractivity contribution in [3.05, 3.63) is 72.9 Å². The number of carbonyl (C=O) groups is 3. The average Bonchev–Trinajstić information content (AvgIpc) is 3.30. The molecule has 0 fully saturated rings. The molecule has 0 saturated carbocycles. The van der Waals surface area contributed by atoms with Crippen LogP contribution in [-0.2, 0) is 28.6 Å². The van der Waals surface area contributed by atoms with Gasteiger partial charge in [0.1, 0.15) is 13.2 Å². The Morgan fingerprint density at radius 3 is 0.938 bits per heavy atom. The van der Waals surface area contributed by atoms with Gasteiger partial charge in [0.2, 0.25) is 0 Å². The Kier molecular flexibility index (Phi) is 50.9. The van der Waals surface area contributed by atoms with E-state index < -0.39 is 6.10 Å². The molecule has 6 nitrogen and oxygen atoms in total. The zero-order valence-corrected chi connectivity index (χ0v) is 42.7. The lowest BCUT2D eigenvalue weighted by molar-refractivity contribution is -0.167. The van der Waals surface area contributed by atoms with Crippen LogP contribution in [0, 0.1) is 0 Å². The first-order chi connectivity index (χ1) is 32.0. The van der Waals surface area contributed by atoms with Gasteiger partial charge in [-0.25, -0.2) is 0 Å². The Labute approximate surface area is 402 Å². The number of carbonyl (C=O) groups excluding carboxylic acids is 3. The molecule has 374 valence electrons. The molecule has 0 radical (unpaired) electrons. The Bertz CT molecular complexity index is 1230. The number of esters is 3. The first-order valence-electron chi connectivity index (χ1n) is 27.4. The molecule has 0 rings (SSSR count). The molecule has 65 heavy (non-hydrogen) atoms. The molecule has 1 atom stereocenters. The second-order valence-corrected chi connectivity index (χ2v) is 18.1. The Morgan fingerprint density at radius 2 is 0.600 bits per heavy atom. The van der Waals surface area contributed by atoms with Crippen LogP contribution in [-0.4, -0.2) is 37.2 Å². The largest absolute Gasteiger partial charge is 0.462 e. The molecular formula is C59H102O6. The molecule has 0 aromatic rings. The summed E-state index contributed by atoms with van der Waals surface area (Å²) in [6.45, 7) is 6.41. The van der Waals surface area contributed by atoms with E-state index in [4.69, 9.17) is 14.2 Å². The molecule has 1 unspecified atom stereocenters. The summed E-state index contributed by atoms with van der Waals surface area (Å²) >= 11 is 0. The predicted octanol–water partition coefficient (Wildman–Crippen LogP) is 18.2. The summed E-state index contributed by atoms with van der Waals surface area (Å²) in [5.41, 5.74) is 0. The summed E-state index contributed by atoms with van der Waals surface area (Å²) in [4.78, 5) is 38.1. The van der Waals surface area contributed by atoms with Crippen molar-refractivity contribution in [3.63, 3.8) is 0 Å². The SMILES string of the molecule is CC/C=C\C/C=C\C/C=C\C/C=C\CCCCCCCCC(=O)OCC(COC(=O)CCCCCCC/C=C\C/C=C\CC)OC(=O)CCCCCCCCCCCCCCCCCC. The molecule has 0 aliphatic carbocycles. The predicted molar refractivity (Wildman–Crippen MR) is 279 cm³/mol. The van der Waals surface area contributed by atoms with E-state index in [0.29, 0.717) is 19.3 Å². The van der Waals surface area contributed by atoms with Gasteiger partial charge < -0.3 is 14.2 Å². The van der Waals surface area contributed by atoms with Gasteiger partial charge in [0.15, 0.2) is 6.10 Å². The number of allylic oxidation sites excluding steroid dienone is 12. The van der Waals surface area contributed by atoms with Gasteiger partial charge in [-0.05, 0) is 83.5 Å². The Balaban J connectivity index is 4.38. The average molecular weight is 907 g/mol. The van der Waals surface area contributed by atoms with Crippen LogP contribution in [0.5, 0.6) is 0 Å². The van der Waals surface area contributed by atoms with Gasteiger partial charge in [0.05, 0.1) is 0 Å². The smallest absolute Gasteiger partial charge is 0.306 e. The van der Waals surface area contributed by atoms with Crippen molar-refractivity contribution in [2.24, 2.45) is 0 Å². The minimum atomic E-state index is -0.785. The Morgan fingerprint density at radius 1 is 0.323 bits per heavy atom. The molecule has 6 heteroatoms. The van der Waals surface area contributed by atoms with Gasteiger partial charge >= 0.3 is 17.9 Å². The molecule has 0 aliphatic heterocycles. The van der Waals surface area contributed by atoms with E-state index in [1.807, 2.05) is 0 Å². The first-order valence-corrected chi connectivity index (χ1v) is 27.4. The normalized spacial score (nSPS) is 12.6. The van der Waals surface area contributed by atoms with Crippen molar-refractivity contribution in [1.82, 2.24) is 0 Å². The van der Waals surface area contributed by atoms with E-state index in [9.17, 15) is 14.4 Å². The monoisotopic (exact) mass is 907 g/mol. The lowest BCUT2D eigenvalue weighted by Gasteiger charge is -2.18. The van der Waals surface area contributed by atoms with E-state index in [2.05, 4.69) is 93.7 Å². The third-order valence-corrected chi connectivity index (χ3v) is 11.7. The number of hydrogen-bond acceptors (Lipinski definition) is 6. The lowest BCUT2D eigenvalue weighted by Crippen LogP contribution is -2.30. The van der Waals surface area contributed by atoms with E-state index in [0.717, 1.165) is 122 Å². The highest BCUT2D eigenvalue weighted by Crippen LogP contribution is 2.16. The van der Waals surface area contributed by atoms with Crippen LogP contribution in [0.3, 0.4) is 0 Å². The molecule has 0 amide bonds. The molecular weight excluding hydrogens is 805 g/mol. The number of unbranched alkanes of at least 4 members (excludes halogenated alkanes) is 26. The molecule has 0 aromatic heterocycles. The summed E-state index contributed by atoms with van der Waals surface area (Å²) < 4.78 is 16.8. The summed E-state index contributed by atoms with van der Waals surface area (Å²) in [6, 6.07) is 0. The molecule has 0 heterocycles. The number of hydrogen-bond donors (Lipinski definition) is 0. The van der Waals surface area contributed by atoms with E-state index in [-0.39, 0.29) is 31.1 Å². The molecule has 0 saturated heterocycles. The summed E-state index contributed by atoms with van der Waals surface area (Å²) in [6.07, 6.45) is 67.5. The topological polar surface area (TPSA) is 78.9 Å². The molecule has 0 aliphatic rings. The highest BCUT2D eigenvalue weighted by molar-refractivity contribution is 5.71. The van der Waals surface area contributed by atoms with Crippen molar-refractivity contribution in [2.75, 3.05) is 13.2 Å². The van der Waals surface area contributed by atoms with E-state index in [1.54, 1.807) is 0 Å². The van der Waals surface area contributed by atoms with Crippen LogP contribution in [0.2, 0.25) is 0 Å². The van der Waals surface area contributed by atoms with Gasteiger partial charge in [0, 0.05) is 19.3 Å². The van der Waals surface area contributed by atoms with Crippen molar-refractivity contribution >= 4 is 17.9 Å². The third kappa shape index (κ3) is 51.7. The van der Waals surface area contributed by atoms with Crippen LogP contribution in [0.4, 0.5) is 0 Å². The van der Waals surface area contributed by atoms with Crippen LogP contribution in [0.1, 0.15) is 265 Å². The third-order valence-electron chi connectivity index (χ3n) is 11.7. The Hall–Kier alpha value is -3.15. The molecule has 0 N–H and O–H groups in total.